The van der Waals surface area contributed by atoms with Gasteiger partial charge in [0.15, 0.2) is 11.5 Å². The first-order valence-corrected chi connectivity index (χ1v) is 6.13. The fraction of sp³-hybridized carbons (Fsp3) is 0.0667. The van der Waals surface area contributed by atoms with Gasteiger partial charge in [0, 0.05) is 12.3 Å². The third-order valence-electron chi connectivity index (χ3n) is 2.97. The van der Waals surface area contributed by atoms with Gasteiger partial charge in [0.1, 0.15) is 11.3 Å². The maximum atomic E-state index is 10.8. The summed E-state index contributed by atoms with van der Waals surface area (Å²) in [5.41, 5.74) is 1.10. The molecule has 2 N–H and O–H groups in total. The molecule has 0 spiro atoms. The number of hydrogen-bond donors (Lipinski definition) is 2. The molecule has 106 valence electrons. The predicted octanol–water partition coefficient (Wildman–Crippen LogP) is 2.57. The first-order chi connectivity index (χ1) is 10.1. The van der Waals surface area contributed by atoms with Gasteiger partial charge in [-0.3, -0.25) is 4.99 Å². The first-order valence-electron chi connectivity index (χ1n) is 6.13. The van der Waals surface area contributed by atoms with E-state index in [1.807, 2.05) is 6.07 Å². The molecule has 0 aliphatic carbocycles. The number of carbonyl (C=O) groups is 1. The fourth-order valence-corrected chi connectivity index (χ4v) is 1.92. The van der Waals surface area contributed by atoms with Gasteiger partial charge in [0.05, 0.1) is 5.69 Å². The number of nitrogens with zero attached hydrogens (tertiary/aromatic N) is 1. The van der Waals surface area contributed by atoms with Crippen LogP contribution >= 0.6 is 0 Å². The molecule has 6 nitrogen and oxygen atoms in total. The molecule has 0 bridgehead atoms. The minimum Gasteiger partial charge on any atom is -0.507 e. The van der Waals surface area contributed by atoms with Crippen LogP contribution in [0.2, 0.25) is 0 Å². The number of carboxylic acid groups (broad SMARTS) is 1. The van der Waals surface area contributed by atoms with Crippen LogP contribution < -0.4 is 9.47 Å². The van der Waals surface area contributed by atoms with Crippen LogP contribution in [0.25, 0.3) is 0 Å². The summed E-state index contributed by atoms with van der Waals surface area (Å²) in [5.74, 6) is -0.153. The number of carboxylic acids is 1. The van der Waals surface area contributed by atoms with Crippen molar-refractivity contribution >= 4 is 17.9 Å². The lowest BCUT2D eigenvalue weighted by molar-refractivity contribution is 0.0694. The monoisotopic (exact) mass is 285 g/mol. The summed E-state index contributed by atoms with van der Waals surface area (Å²) in [6.45, 7) is 0.209. The molecular weight excluding hydrogens is 274 g/mol. The van der Waals surface area contributed by atoms with Crippen molar-refractivity contribution < 1.29 is 24.5 Å². The van der Waals surface area contributed by atoms with Crippen LogP contribution in [0.5, 0.6) is 17.2 Å². The van der Waals surface area contributed by atoms with Crippen LogP contribution in [0.4, 0.5) is 5.69 Å². The Hall–Kier alpha value is -3.02. The molecule has 2 aromatic carbocycles. The average Bonchev–Trinajstić information content (AvgIpc) is 2.92. The van der Waals surface area contributed by atoms with Crippen molar-refractivity contribution in [2.45, 2.75) is 0 Å². The quantitative estimate of drug-likeness (QED) is 0.846. The van der Waals surface area contributed by atoms with Gasteiger partial charge in [-0.15, -0.1) is 0 Å². The van der Waals surface area contributed by atoms with Crippen LogP contribution in [-0.4, -0.2) is 29.2 Å². The van der Waals surface area contributed by atoms with E-state index < -0.39 is 5.97 Å². The summed E-state index contributed by atoms with van der Waals surface area (Å²) < 4.78 is 10.5. The highest BCUT2D eigenvalue weighted by Gasteiger charge is 2.12. The molecule has 0 aromatic heterocycles. The van der Waals surface area contributed by atoms with Gasteiger partial charge >= 0.3 is 5.97 Å². The Balaban J connectivity index is 1.83. The van der Waals surface area contributed by atoms with Gasteiger partial charge in [-0.1, -0.05) is 0 Å². The zero-order valence-electron chi connectivity index (χ0n) is 10.8. The van der Waals surface area contributed by atoms with Crippen LogP contribution in [0.15, 0.2) is 41.4 Å². The van der Waals surface area contributed by atoms with E-state index in [1.165, 1.54) is 18.2 Å². The van der Waals surface area contributed by atoms with E-state index in [0.29, 0.717) is 17.2 Å². The second kappa shape index (κ2) is 5.16. The van der Waals surface area contributed by atoms with Gasteiger partial charge < -0.3 is 19.7 Å². The van der Waals surface area contributed by atoms with Gasteiger partial charge in [-0.25, -0.2) is 4.79 Å². The Labute approximate surface area is 119 Å². The van der Waals surface area contributed by atoms with E-state index in [9.17, 15) is 9.90 Å². The Morgan fingerprint density at radius 1 is 1.14 bits per heavy atom. The molecule has 0 radical (unpaired) electrons. The summed E-state index contributed by atoms with van der Waals surface area (Å²) in [6.07, 6.45) is 1.59. The Morgan fingerprint density at radius 3 is 2.71 bits per heavy atom. The number of aromatic hydroxyl groups is 1. The standard InChI is InChI=1S/C15H11NO5/c17-12-6-10(2-3-11(12)15(18)19)16-7-9-1-4-13-14(5-9)21-8-20-13/h1-7,17H,8H2,(H,18,19). The molecule has 6 heteroatoms. The second-order valence-electron chi connectivity index (χ2n) is 4.38. The molecule has 0 saturated carbocycles. The molecule has 2 aromatic rings. The third-order valence-corrected chi connectivity index (χ3v) is 2.97. The van der Waals surface area contributed by atoms with Gasteiger partial charge in [-0.05, 0) is 35.9 Å². The number of aromatic carboxylic acids is 1. The number of benzene rings is 2. The van der Waals surface area contributed by atoms with Crippen molar-refractivity contribution in [2.75, 3.05) is 6.79 Å². The molecule has 0 atom stereocenters. The van der Waals surface area contributed by atoms with Crippen molar-refractivity contribution in [3.8, 4) is 17.2 Å². The second-order valence-corrected chi connectivity index (χ2v) is 4.38. The lowest BCUT2D eigenvalue weighted by Crippen LogP contribution is -1.95. The van der Waals surface area contributed by atoms with E-state index in [2.05, 4.69) is 4.99 Å². The molecular formula is C15H11NO5. The zero-order chi connectivity index (χ0) is 14.8. The summed E-state index contributed by atoms with van der Waals surface area (Å²) in [4.78, 5) is 15.0. The molecule has 1 aliphatic rings. The van der Waals surface area contributed by atoms with E-state index >= 15 is 0 Å². The SMILES string of the molecule is O=C(O)c1ccc(N=Cc2ccc3c(c2)OCO3)cc1O. The van der Waals surface area contributed by atoms with Crippen molar-refractivity contribution in [1.29, 1.82) is 0 Å². The van der Waals surface area contributed by atoms with E-state index in [4.69, 9.17) is 14.6 Å². The van der Waals surface area contributed by atoms with Crippen molar-refractivity contribution in [1.82, 2.24) is 0 Å². The number of fused-ring (bicyclic) bond motifs is 1. The Morgan fingerprint density at radius 2 is 1.95 bits per heavy atom. The van der Waals surface area contributed by atoms with Gasteiger partial charge in [0.25, 0.3) is 0 Å². The van der Waals surface area contributed by atoms with Crippen LogP contribution in [0.1, 0.15) is 15.9 Å². The molecule has 0 unspecified atom stereocenters. The fourth-order valence-electron chi connectivity index (χ4n) is 1.92. The lowest BCUT2D eigenvalue weighted by atomic mass is 10.2. The van der Waals surface area contributed by atoms with Crippen LogP contribution in [0.3, 0.4) is 0 Å². The summed E-state index contributed by atoms with van der Waals surface area (Å²) >= 11 is 0. The van der Waals surface area contributed by atoms with Crippen LogP contribution in [-0.2, 0) is 0 Å². The largest absolute Gasteiger partial charge is 0.507 e. The van der Waals surface area contributed by atoms with Crippen LogP contribution in [0, 0.1) is 0 Å². The van der Waals surface area contributed by atoms with Gasteiger partial charge in [0.2, 0.25) is 6.79 Å². The molecule has 0 saturated heterocycles. The minimum absolute atomic E-state index is 0.156. The summed E-state index contributed by atoms with van der Waals surface area (Å²) in [7, 11) is 0. The molecule has 0 amide bonds. The Kier molecular flexibility index (Phi) is 3.19. The highest BCUT2D eigenvalue weighted by molar-refractivity contribution is 5.91. The first kappa shape index (κ1) is 13.0. The average molecular weight is 285 g/mol. The molecule has 1 aliphatic heterocycles. The van der Waals surface area contributed by atoms with E-state index in [1.54, 1.807) is 18.3 Å². The zero-order valence-corrected chi connectivity index (χ0v) is 10.8. The smallest absolute Gasteiger partial charge is 0.339 e. The molecule has 21 heavy (non-hydrogen) atoms. The number of aliphatic imine (C=N–C) groups is 1. The highest BCUT2D eigenvalue weighted by atomic mass is 16.7. The topological polar surface area (TPSA) is 88.4 Å². The highest BCUT2D eigenvalue weighted by Crippen LogP contribution is 2.32. The number of hydrogen-bond acceptors (Lipinski definition) is 5. The number of phenols is 1. The maximum Gasteiger partial charge on any atom is 0.339 e. The number of rotatable bonds is 3. The third kappa shape index (κ3) is 2.64. The summed E-state index contributed by atoms with van der Waals surface area (Å²) in [5, 5.41) is 18.4. The van der Waals surface area contributed by atoms with Gasteiger partial charge in [-0.2, -0.15) is 0 Å². The van der Waals surface area contributed by atoms with Crippen molar-refractivity contribution in [3.05, 3.63) is 47.5 Å². The number of ether oxygens (including phenoxy) is 2. The van der Waals surface area contributed by atoms with Crippen molar-refractivity contribution in [2.24, 2.45) is 4.99 Å². The lowest BCUT2D eigenvalue weighted by Gasteiger charge is -2.01. The molecule has 1 heterocycles. The normalized spacial score (nSPS) is 12.8. The molecule has 0 fully saturated rings. The maximum absolute atomic E-state index is 10.8. The summed E-state index contributed by atoms with van der Waals surface area (Å²) in [6, 6.07) is 9.53. The molecule has 3 rings (SSSR count). The predicted molar refractivity (Wildman–Crippen MR) is 74.9 cm³/mol. The Bertz CT molecular complexity index is 739. The van der Waals surface area contributed by atoms with E-state index in [0.717, 1.165) is 5.56 Å². The van der Waals surface area contributed by atoms with Crippen molar-refractivity contribution in [3.63, 3.8) is 0 Å². The minimum atomic E-state index is -1.18. The van der Waals surface area contributed by atoms with E-state index in [-0.39, 0.29) is 18.1 Å².